The first kappa shape index (κ1) is 18.9. The molecule has 0 radical (unpaired) electrons. The number of imide groups is 2. The van der Waals surface area contributed by atoms with E-state index in [9.17, 15) is 19.2 Å². The molecule has 0 bridgehead atoms. The van der Waals surface area contributed by atoms with Gasteiger partial charge in [-0.3, -0.25) is 19.3 Å². The summed E-state index contributed by atoms with van der Waals surface area (Å²) in [7, 11) is 0. The van der Waals surface area contributed by atoms with Crippen molar-refractivity contribution < 1.29 is 23.9 Å². The van der Waals surface area contributed by atoms with Crippen LogP contribution in [0.2, 0.25) is 0 Å². The maximum atomic E-state index is 12.4. The van der Waals surface area contributed by atoms with Gasteiger partial charge >= 0.3 is 17.8 Å². The molecular weight excluding hydrogens is 350 g/mol. The van der Waals surface area contributed by atoms with Gasteiger partial charge in [-0.15, -0.1) is 0 Å². The fraction of sp³-hybridized carbons (Fsp3) is 0.474. The first-order valence-electron chi connectivity index (χ1n) is 9.12. The average molecular weight is 373 g/mol. The second-order valence-electron chi connectivity index (χ2n) is 6.80. The summed E-state index contributed by atoms with van der Waals surface area (Å²) < 4.78 is 5.53. The number of rotatable bonds is 7. The van der Waals surface area contributed by atoms with Crippen LogP contribution in [0.25, 0.3) is 0 Å². The Labute approximate surface area is 157 Å². The Morgan fingerprint density at radius 1 is 1.19 bits per heavy atom. The van der Waals surface area contributed by atoms with Crippen molar-refractivity contribution in [1.82, 2.24) is 15.1 Å². The van der Waals surface area contributed by atoms with E-state index in [-0.39, 0.29) is 19.2 Å². The van der Waals surface area contributed by atoms with E-state index in [1.54, 1.807) is 0 Å². The number of urea groups is 1. The van der Waals surface area contributed by atoms with Gasteiger partial charge in [0.05, 0.1) is 6.54 Å². The van der Waals surface area contributed by atoms with E-state index >= 15 is 0 Å². The molecule has 0 aromatic heterocycles. The van der Waals surface area contributed by atoms with Gasteiger partial charge in [0.1, 0.15) is 18.9 Å². The molecule has 1 saturated heterocycles. The molecule has 27 heavy (non-hydrogen) atoms. The van der Waals surface area contributed by atoms with Crippen LogP contribution in [0.5, 0.6) is 5.75 Å². The molecule has 0 unspecified atom stereocenters. The van der Waals surface area contributed by atoms with Crippen molar-refractivity contribution in [2.24, 2.45) is 0 Å². The van der Waals surface area contributed by atoms with Crippen LogP contribution in [0, 0.1) is 6.92 Å². The van der Waals surface area contributed by atoms with Crippen LogP contribution in [0.4, 0.5) is 4.79 Å². The van der Waals surface area contributed by atoms with Crippen LogP contribution in [0.3, 0.4) is 0 Å². The zero-order chi connectivity index (χ0) is 19.4. The van der Waals surface area contributed by atoms with Crippen molar-refractivity contribution in [3.05, 3.63) is 29.8 Å². The molecule has 2 fully saturated rings. The minimum Gasteiger partial charge on any atom is -0.492 e. The number of nitrogens with zero attached hydrogens (tertiary/aromatic N) is 2. The number of nitrogens with one attached hydrogen (secondary N) is 1. The zero-order valence-electron chi connectivity index (χ0n) is 15.3. The van der Waals surface area contributed by atoms with E-state index in [1.807, 2.05) is 31.2 Å². The summed E-state index contributed by atoms with van der Waals surface area (Å²) in [5.74, 6) is -1.57. The fourth-order valence-electron chi connectivity index (χ4n) is 3.41. The molecule has 2 aliphatic rings. The maximum Gasteiger partial charge on any atom is 0.334 e. The SMILES string of the molecule is Cc1cccc(OCCNC(=O)CN2C(=O)C(=O)N(C3CCCC3)C2=O)c1. The first-order chi connectivity index (χ1) is 13.0. The summed E-state index contributed by atoms with van der Waals surface area (Å²) >= 11 is 0. The van der Waals surface area contributed by atoms with Crippen LogP contribution in [0.15, 0.2) is 24.3 Å². The van der Waals surface area contributed by atoms with Gasteiger partial charge in [-0.25, -0.2) is 9.69 Å². The average Bonchev–Trinajstić information content (AvgIpc) is 3.22. The zero-order valence-corrected chi connectivity index (χ0v) is 15.3. The predicted molar refractivity (Wildman–Crippen MR) is 95.9 cm³/mol. The smallest absolute Gasteiger partial charge is 0.334 e. The Kier molecular flexibility index (Phi) is 5.73. The van der Waals surface area contributed by atoms with E-state index in [4.69, 9.17) is 4.74 Å². The van der Waals surface area contributed by atoms with Gasteiger partial charge in [-0.1, -0.05) is 25.0 Å². The number of benzene rings is 1. The fourth-order valence-corrected chi connectivity index (χ4v) is 3.41. The van der Waals surface area contributed by atoms with Crippen molar-refractivity contribution >= 4 is 23.8 Å². The minimum atomic E-state index is -0.932. The van der Waals surface area contributed by atoms with Crippen LogP contribution >= 0.6 is 0 Å². The van der Waals surface area contributed by atoms with Crippen LogP contribution < -0.4 is 10.1 Å². The third kappa shape index (κ3) is 4.27. The van der Waals surface area contributed by atoms with Crippen LogP contribution in [-0.2, 0) is 14.4 Å². The van der Waals surface area contributed by atoms with Gasteiger partial charge in [-0.05, 0) is 37.5 Å². The van der Waals surface area contributed by atoms with Gasteiger partial charge < -0.3 is 10.1 Å². The third-order valence-electron chi connectivity index (χ3n) is 4.76. The Hall–Kier alpha value is -2.90. The number of ether oxygens (including phenoxy) is 1. The van der Waals surface area contributed by atoms with Gasteiger partial charge in [-0.2, -0.15) is 0 Å². The molecule has 5 amide bonds. The Bertz CT molecular complexity index is 757. The van der Waals surface area contributed by atoms with Crippen molar-refractivity contribution in [2.75, 3.05) is 19.7 Å². The molecule has 1 aromatic rings. The summed E-state index contributed by atoms with van der Waals surface area (Å²) in [6, 6.07) is 6.61. The lowest BCUT2D eigenvalue weighted by molar-refractivity contribution is -0.144. The highest BCUT2D eigenvalue weighted by molar-refractivity contribution is 6.45. The topological polar surface area (TPSA) is 96.0 Å². The number of carbonyl (C=O) groups excluding carboxylic acids is 4. The Morgan fingerprint density at radius 3 is 2.63 bits per heavy atom. The third-order valence-corrected chi connectivity index (χ3v) is 4.76. The van der Waals surface area contributed by atoms with E-state index in [0.717, 1.165) is 28.2 Å². The molecule has 1 aliphatic carbocycles. The van der Waals surface area contributed by atoms with Gasteiger partial charge in [0.25, 0.3) is 0 Å². The molecule has 1 aliphatic heterocycles. The standard InChI is InChI=1S/C19H23N3O5/c1-13-5-4-8-15(11-13)27-10-9-20-16(23)12-21-17(24)18(25)22(19(21)26)14-6-2-3-7-14/h4-5,8,11,14H,2-3,6-7,9-10,12H2,1H3,(H,20,23). The molecular formula is C19H23N3O5. The molecule has 1 N–H and O–H groups in total. The van der Waals surface area contributed by atoms with Gasteiger partial charge in [0, 0.05) is 6.04 Å². The van der Waals surface area contributed by atoms with E-state index in [1.165, 1.54) is 0 Å². The number of hydrogen-bond donors (Lipinski definition) is 1. The normalized spacial score (nSPS) is 17.7. The highest BCUT2D eigenvalue weighted by Gasteiger charge is 2.48. The molecule has 1 saturated carbocycles. The van der Waals surface area contributed by atoms with E-state index < -0.39 is 30.3 Å². The second-order valence-corrected chi connectivity index (χ2v) is 6.80. The number of aryl methyl sites for hydroxylation is 1. The number of amides is 5. The molecule has 1 heterocycles. The first-order valence-corrected chi connectivity index (χ1v) is 9.12. The highest BCUT2D eigenvalue weighted by Crippen LogP contribution is 2.27. The van der Waals surface area contributed by atoms with Crippen molar-refractivity contribution in [3.63, 3.8) is 0 Å². The minimum absolute atomic E-state index is 0.225. The Morgan fingerprint density at radius 2 is 1.93 bits per heavy atom. The second kappa shape index (κ2) is 8.20. The quantitative estimate of drug-likeness (QED) is 0.440. The summed E-state index contributed by atoms with van der Waals surface area (Å²) in [4.78, 5) is 50.4. The van der Waals surface area contributed by atoms with Gasteiger partial charge in [0.2, 0.25) is 5.91 Å². The molecule has 1 aromatic carbocycles. The van der Waals surface area contributed by atoms with Crippen molar-refractivity contribution in [2.45, 2.75) is 38.6 Å². The maximum absolute atomic E-state index is 12.4. The summed E-state index contributed by atoms with van der Waals surface area (Å²) in [5, 5.41) is 2.59. The molecule has 3 rings (SSSR count). The molecule has 0 atom stereocenters. The monoisotopic (exact) mass is 373 g/mol. The summed E-state index contributed by atoms with van der Waals surface area (Å²) in [5.41, 5.74) is 1.07. The molecule has 144 valence electrons. The lowest BCUT2D eigenvalue weighted by atomic mass is 10.2. The molecule has 8 nitrogen and oxygen atoms in total. The lowest BCUT2D eigenvalue weighted by Gasteiger charge is -2.20. The van der Waals surface area contributed by atoms with Crippen LogP contribution in [-0.4, -0.2) is 59.3 Å². The number of hydrogen-bond acceptors (Lipinski definition) is 5. The lowest BCUT2D eigenvalue weighted by Crippen LogP contribution is -2.43. The summed E-state index contributed by atoms with van der Waals surface area (Å²) in [6.07, 6.45) is 3.27. The predicted octanol–water partition coefficient (Wildman–Crippen LogP) is 1.22. The largest absolute Gasteiger partial charge is 0.492 e. The van der Waals surface area contributed by atoms with Crippen molar-refractivity contribution in [3.8, 4) is 5.75 Å². The summed E-state index contributed by atoms with van der Waals surface area (Å²) in [6.45, 7) is 1.97. The van der Waals surface area contributed by atoms with E-state index in [2.05, 4.69) is 5.32 Å². The van der Waals surface area contributed by atoms with Gasteiger partial charge in [0.15, 0.2) is 0 Å². The highest BCUT2D eigenvalue weighted by atomic mass is 16.5. The Balaban J connectivity index is 1.46. The van der Waals surface area contributed by atoms with E-state index in [0.29, 0.717) is 18.6 Å². The van der Waals surface area contributed by atoms with Crippen molar-refractivity contribution in [1.29, 1.82) is 0 Å². The van der Waals surface area contributed by atoms with Crippen LogP contribution in [0.1, 0.15) is 31.2 Å². The molecule has 8 heteroatoms. The molecule has 0 spiro atoms. The number of carbonyl (C=O) groups is 4.